The van der Waals surface area contributed by atoms with Gasteiger partial charge in [0.05, 0.1) is 12.2 Å². The van der Waals surface area contributed by atoms with Crippen molar-refractivity contribution in [2.75, 3.05) is 0 Å². The Morgan fingerprint density at radius 1 is 0.893 bits per heavy atom. The molecule has 0 heterocycles. The highest BCUT2D eigenvalue weighted by Gasteiger charge is 2.40. The molecule has 2 aromatic carbocycles. The average Bonchev–Trinajstić information content (AvgIpc) is 2.64. The molecule has 7 heteroatoms. The summed E-state index contributed by atoms with van der Waals surface area (Å²) in [6, 6.07) is 18.3. The largest absolute Gasteiger partial charge is 0.445 e. The fraction of sp³-hybridized carbons (Fsp3) is 0.381. The van der Waals surface area contributed by atoms with E-state index in [1.54, 1.807) is 52.0 Å². The Kier molecular flexibility index (Phi) is 8.24. The molecule has 0 saturated heterocycles. The van der Waals surface area contributed by atoms with Crippen molar-refractivity contribution >= 4 is 13.7 Å². The lowest BCUT2D eigenvalue weighted by atomic mass is 10.2. The van der Waals surface area contributed by atoms with Crippen LogP contribution in [0.15, 0.2) is 60.7 Å². The van der Waals surface area contributed by atoms with E-state index in [-0.39, 0.29) is 18.8 Å². The Bertz CT molecular complexity index is 766. The number of alkyl carbamates (subject to hydrolysis) is 1. The summed E-state index contributed by atoms with van der Waals surface area (Å²) in [7, 11) is -3.73. The van der Waals surface area contributed by atoms with E-state index in [4.69, 9.17) is 13.8 Å². The minimum Gasteiger partial charge on any atom is -0.445 e. The first-order valence-corrected chi connectivity index (χ1v) is 10.9. The summed E-state index contributed by atoms with van der Waals surface area (Å²) in [4.78, 5) is 12.5. The molecular weight excluding hydrogens is 377 g/mol. The van der Waals surface area contributed by atoms with Gasteiger partial charge in [0, 0.05) is 0 Å². The van der Waals surface area contributed by atoms with Gasteiger partial charge in [-0.2, -0.15) is 0 Å². The zero-order chi connectivity index (χ0) is 20.6. The molecule has 0 spiro atoms. The van der Waals surface area contributed by atoms with E-state index in [0.29, 0.717) is 5.56 Å². The monoisotopic (exact) mass is 405 g/mol. The van der Waals surface area contributed by atoms with Crippen LogP contribution < -0.4 is 5.32 Å². The molecule has 0 fully saturated rings. The average molecular weight is 405 g/mol. The molecule has 0 unspecified atom stereocenters. The zero-order valence-corrected chi connectivity index (χ0v) is 17.6. The highest BCUT2D eigenvalue weighted by molar-refractivity contribution is 7.54. The quantitative estimate of drug-likeness (QED) is 0.545. The van der Waals surface area contributed by atoms with Crippen LogP contribution in [0.25, 0.3) is 0 Å². The number of rotatable bonds is 9. The van der Waals surface area contributed by atoms with E-state index >= 15 is 0 Å². The summed E-state index contributed by atoms with van der Waals surface area (Å²) < 4.78 is 30.3. The van der Waals surface area contributed by atoms with Crippen molar-refractivity contribution in [1.82, 2.24) is 5.32 Å². The fourth-order valence-corrected chi connectivity index (χ4v) is 4.86. The molecule has 1 atom stereocenters. The first kappa shape index (κ1) is 22.2. The predicted octanol–water partition coefficient (Wildman–Crippen LogP) is 5.65. The van der Waals surface area contributed by atoms with Gasteiger partial charge in [0.25, 0.3) is 0 Å². The van der Waals surface area contributed by atoms with Crippen LogP contribution in [0.2, 0.25) is 0 Å². The number of hydrogen-bond donors (Lipinski definition) is 1. The van der Waals surface area contributed by atoms with Crippen LogP contribution >= 0.6 is 7.60 Å². The van der Waals surface area contributed by atoms with Gasteiger partial charge in [0.1, 0.15) is 6.61 Å². The molecule has 152 valence electrons. The maximum atomic E-state index is 13.6. The summed E-state index contributed by atoms with van der Waals surface area (Å²) in [5.74, 6) is -0.984. The maximum absolute atomic E-state index is 13.6. The molecule has 0 aromatic heterocycles. The van der Waals surface area contributed by atoms with Crippen molar-refractivity contribution in [2.45, 2.75) is 52.3 Å². The standard InChI is InChI=1S/C21H28NO5P/c1-16(2)26-28(24,27-17(3)4)20(19-13-9-6-10-14-19)22-21(23)25-15-18-11-7-5-8-12-18/h5-14,16-17,20H,15H2,1-4H3,(H,22,23)/t20-/m1/s1. The van der Waals surface area contributed by atoms with Crippen LogP contribution in [-0.2, 0) is 25.0 Å². The Morgan fingerprint density at radius 3 is 1.89 bits per heavy atom. The summed E-state index contributed by atoms with van der Waals surface area (Å²) in [5, 5.41) is 2.68. The lowest BCUT2D eigenvalue weighted by molar-refractivity contribution is 0.120. The van der Waals surface area contributed by atoms with Gasteiger partial charge in [-0.25, -0.2) is 4.79 Å². The van der Waals surface area contributed by atoms with Crippen LogP contribution in [0.5, 0.6) is 0 Å². The molecule has 1 amide bonds. The van der Waals surface area contributed by atoms with Gasteiger partial charge in [-0.1, -0.05) is 60.7 Å². The molecule has 1 N–H and O–H groups in total. The van der Waals surface area contributed by atoms with E-state index in [2.05, 4.69) is 5.32 Å². The highest BCUT2D eigenvalue weighted by Crippen LogP contribution is 2.61. The van der Waals surface area contributed by atoms with Gasteiger partial charge in [-0.05, 0) is 38.8 Å². The predicted molar refractivity (Wildman–Crippen MR) is 109 cm³/mol. The lowest BCUT2D eigenvalue weighted by Crippen LogP contribution is -2.31. The van der Waals surface area contributed by atoms with Crippen LogP contribution in [0, 0.1) is 0 Å². The van der Waals surface area contributed by atoms with Crippen molar-refractivity contribution in [1.29, 1.82) is 0 Å². The second kappa shape index (κ2) is 10.4. The highest BCUT2D eigenvalue weighted by atomic mass is 31.2. The molecule has 0 saturated carbocycles. The van der Waals surface area contributed by atoms with E-state index < -0.39 is 19.5 Å². The van der Waals surface area contributed by atoms with Crippen LogP contribution in [0.4, 0.5) is 4.79 Å². The van der Waals surface area contributed by atoms with E-state index in [0.717, 1.165) is 5.56 Å². The molecule has 2 aromatic rings. The van der Waals surface area contributed by atoms with Gasteiger partial charge in [0.2, 0.25) is 0 Å². The number of carbonyl (C=O) groups is 1. The first-order valence-electron chi connectivity index (χ1n) is 9.29. The maximum Gasteiger partial charge on any atom is 0.408 e. The number of amides is 1. The topological polar surface area (TPSA) is 73.9 Å². The van der Waals surface area contributed by atoms with Gasteiger partial charge < -0.3 is 19.1 Å². The van der Waals surface area contributed by atoms with Gasteiger partial charge in [-0.15, -0.1) is 0 Å². The zero-order valence-electron chi connectivity index (χ0n) is 16.7. The molecule has 0 aliphatic rings. The molecule has 0 radical (unpaired) electrons. The molecule has 0 aliphatic carbocycles. The van der Waals surface area contributed by atoms with Crippen molar-refractivity contribution < 1.29 is 23.1 Å². The second-order valence-electron chi connectivity index (χ2n) is 6.87. The molecule has 2 rings (SSSR count). The summed E-state index contributed by atoms with van der Waals surface area (Å²) in [5.41, 5.74) is 1.47. The minimum atomic E-state index is -3.73. The van der Waals surface area contributed by atoms with E-state index in [1.807, 2.05) is 36.4 Å². The van der Waals surface area contributed by atoms with Crippen LogP contribution in [0.1, 0.15) is 44.6 Å². The van der Waals surface area contributed by atoms with Crippen molar-refractivity contribution in [3.8, 4) is 0 Å². The normalized spacial score (nSPS) is 12.8. The Labute approximate surface area is 166 Å². The molecule has 6 nitrogen and oxygen atoms in total. The summed E-state index contributed by atoms with van der Waals surface area (Å²) >= 11 is 0. The molecule has 28 heavy (non-hydrogen) atoms. The Morgan fingerprint density at radius 2 is 1.39 bits per heavy atom. The fourth-order valence-electron chi connectivity index (χ4n) is 2.59. The number of benzene rings is 2. The lowest BCUT2D eigenvalue weighted by Gasteiger charge is -2.30. The van der Waals surface area contributed by atoms with E-state index in [1.165, 1.54) is 0 Å². The van der Waals surface area contributed by atoms with Crippen molar-refractivity contribution in [3.05, 3.63) is 71.8 Å². The molecule has 0 bridgehead atoms. The number of nitrogens with one attached hydrogen (secondary N) is 1. The first-order chi connectivity index (χ1) is 13.3. The third kappa shape index (κ3) is 6.79. The van der Waals surface area contributed by atoms with Gasteiger partial charge in [-0.3, -0.25) is 4.57 Å². The Balaban J connectivity index is 2.23. The molecular formula is C21H28NO5P. The van der Waals surface area contributed by atoms with Crippen molar-refractivity contribution in [2.24, 2.45) is 0 Å². The summed E-state index contributed by atoms with van der Waals surface area (Å²) in [6.07, 6.45) is -1.39. The third-order valence-electron chi connectivity index (χ3n) is 3.61. The molecule has 0 aliphatic heterocycles. The smallest absolute Gasteiger partial charge is 0.408 e. The minimum absolute atomic E-state index is 0.106. The van der Waals surface area contributed by atoms with Gasteiger partial charge in [0.15, 0.2) is 5.78 Å². The summed E-state index contributed by atoms with van der Waals surface area (Å²) in [6.45, 7) is 7.19. The number of carbonyl (C=O) groups excluding carboxylic acids is 1. The number of ether oxygens (including phenoxy) is 1. The van der Waals surface area contributed by atoms with Crippen molar-refractivity contribution in [3.63, 3.8) is 0 Å². The van der Waals surface area contributed by atoms with Gasteiger partial charge >= 0.3 is 13.7 Å². The van der Waals surface area contributed by atoms with Crippen LogP contribution in [-0.4, -0.2) is 18.3 Å². The SMILES string of the molecule is CC(C)OP(=O)(OC(C)C)[C@@H](NC(=O)OCc1ccccc1)c1ccccc1. The third-order valence-corrected chi connectivity index (χ3v) is 6.11. The number of hydrogen-bond acceptors (Lipinski definition) is 5. The van der Waals surface area contributed by atoms with E-state index in [9.17, 15) is 9.36 Å². The Hall–Kier alpha value is -2.14. The van der Waals surface area contributed by atoms with Crippen LogP contribution in [0.3, 0.4) is 0 Å². The second-order valence-corrected chi connectivity index (χ2v) is 8.89.